The van der Waals surface area contributed by atoms with E-state index in [1.54, 1.807) is 21.9 Å². The van der Waals surface area contributed by atoms with Gasteiger partial charge in [0.05, 0.1) is 12.7 Å². The molecule has 0 bridgehead atoms. The number of ether oxygens (including phenoxy) is 1. The third-order valence-corrected chi connectivity index (χ3v) is 4.55. The van der Waals surface area contributed by atoms with Crippen molar-refractivity contribution in [2.75, 3.05) is 39.3 Å². The summed E-state index contributed by atoms with van der Waals surface area (Å²) in [6, 6.07) is 6.02. The van der Waals surface area contributed by atoms with Gasteiger partial charge < -0.3 is 25.0 Å². The van der Waals surface area contributed by atoms with E-state index in [4.69, 9.17) is 4.74 Å². The maximum absolute atomic E-state index is 12.6. The lowest BCUT2D eigenvalue weighted by Crippen LogP contribution is -2.60. The third-order valence-electron chi connectivity index (χ3n) is 4.55. The van der Waals surface area contributed by atoms with Crippen LogP contribution in [0.5, 0.6) is 5.75 Å². The van der Waals surface area contributed by atoms with E-state index in [1.165, 1.54) is 12.1 Å². The Morgan fingerprint density at radius 1 is 1.21 bits per heavy atom. The maximum atomic E-state index is 12.6. The van der Waals surface area contributed by atoms with Crippen LogP contribution in [-0.4, -0.2) is 78.2 Å². The lowest BCUT2D eigenvalue weighted by atomic mass is 10.1. The average molecular weight is 333 g/mol. The van der Waals surface area contributed by atoms with Crippen molar-refractivity contribution < 1.29 is 19.4 Å². The van der Waals surface area contributed by atoms with E-state index in [9.17, 15) is 14.7 Å². The van der Waals surface area contributed by atoms with Crippen molar-refractivity contribution in [3.8, 4) is 5.75 Å². The summed E-state index contributed by atoms with van der Waals surface area (Å²) in [4.78, 5) is 28.6. The first-order chi connectivity index (χ1) is 11.6. The van der Waals surface area contributed by atoms with Gasteiger partial charge in [0, 0.05) is 38.3 Å². The largest absolute Gasteiger partial charge is 0.508 e. The first-order valence-electron chi connectivity index (χ1n) is 8.28. The number of hydrogen-bond donors (Lipinski definition) is 2. The average Bonchev–Trinajstić information content (AvgIpc) is 2.61. The van der Waals surface area contributed by atoms with E-state index >= 15 is 0 Å². The van der Waals surface area contributed by atoms with Crippen molar-refractivity contribution in [3.63, 3.8) is 0 Å². The van der Waals surface area contributed by atoms with Gasteiger partial charge >= 0.3 is 0 Å². The van der Waals surface area contributed by atoms with Crippen LogP contribution in [-0.2, 0) is 9.53 Å². The highest BCUT2D eigenvalue weighted by Crippen LogP contribution is 2.15. The molecule has 1 aromatic carbocycles. The monoisotopic (exact) mass is 333 g/mol. The number of piperazine rings is 1. The number of amides is 2. The normalized spacial score (nSPS) is 24.7. The fourth-order valence-electron chi connectivity index (χ4n) is 3.16. The molecule has 0 aliphatic carbocycles. The first kappa shape index (κ1) is 16.7. The van der Waals surface area contributed by atoms with Crippen molar-refractivity contribution in [2.45, 2.75) is 19.1 Å². The molecule has 2 fully saturated rings. The van der Waals surface area contributed by atoms with Crippen LogP contribution in [0.4, 0.5) is 0 Å². The Kier molecular flexibility index (Phi) is 5.01. The molecular formula is C17H23N3O4. The first-order valence-corrected chi connectivity index (χ1v) is 8.28. The second kappa shape index (κ2) is 7.19. The SMILES string of the molecule is C[C@H]1OCCN[C@@H]1C(=O)N1CCN(C(=O)c2cccc(O)c2)CC1. The fourth-order valence-corrected chi connectivity index (χ4v) is 3.16. The topological polar surface area (TPSA) is 82.1 Å². The lowest BCUT2D eigenvalue weighted by molar-refractivity contribution is -0.140. The van der Waals surface area contributed by atoms with Crippen LogP contribution >= 0.6 is 0 Å². The van der Waals surface area contributed by atoms with Crippen molar-refractivity contribution in [2.24, 2.45) is 0 Å². The number of phenols is 1. The number of nitrogens with zero attached hydrogens (tertiary/aromatic N) is 2. The minimum absolute atomic E-state index is 0.0339. The quantitative estimate of drug-likeness (QED) is 0.799. The Morgan fingerprint density at radius 3 is 2.58 bits per heavy atom. The van der Waals surface area contributed by atoms with Crippen molar-refractivity contribution in [1.82, 2.24) is 15.1 Å². The molecule has 0 aromatic heterocycles. The minimum Gasteiger partial charge on any atom is -0.508 e. The van der Waals surface area contributed by atoms with E-state index in [-0.39, 0.29) is 29.7 Å². The van der Waals surface area contributed by atoms with Crippen LogP contribution in [0.2, 0.25) is 0 Å². The molecule has 2 amide bonds. The van der Waals surface area contributed by atoms with E-state index in [1.807, 2.05) is 6.92 Å². The summed E-state index contributed by atoms with van der Waals surface area (Å²) in [6.45, 7) is 5.19. The highest BCUT2D eigenvalue weighted by molar-refractivity contribution is 5.94. The Balaban J connectivity index is 1.57. The van der Waals surface area contributed by atoms with Crippen LogP contribution in [0.3, 0.4) is 0 Å². The van der Waals surface area contributed by atoms with Crippen LogP contribution in [0, 0.1) is 0 Å². The van der Waals surface area contributed by atoms with Gasteiger partial charge in [0.15, 0.2) is 0 Å². The molecule has 2 N–H and O–H groups in total. The Bertz CT molecular complexity index is 614. The summed E-state index contributed by atoms with van der Waals surface area (Å²) in [6.07, 6.45) is -0.141. The number of rotatable bonds is 2. The smallest absolute Gasteiger partial charge is 0.254 e. The summed E-state index contributed by atoms with van der Waals surface area (Å²) in [5, 5.41) is 12.7. The number of morpholine rings is 1. The van der Waals surface area contributed by atoms with Gasteiger partial charge in [-0.15, -0.1) is 0 Å². The molecule has 3 rings (SSSR count). The molecule has 7 nitrogen and oxygen atoms in total. The van der Waals surface area contributed by atoms with Gasteiger partial charge in [0.25, 0.3) is 5.91 Å². The molecule has 130 valence electrons. The standard InChI is InChI=1S/C17H23N3O4/c1-12-15(18-5-10-24-12)17(23)20-8-6-19(7-9-20)16(22)13-3-2-4-14(21)11-13/h2-4,11-12,15,18,21H,5-10H2,1H3/t12-,15+/m1/s1. The lowest BCUT2D eigenvalue weighted by Gasteiger charge is -2.38. The molecule has 0 saturated carbocycles. The summed E-state index contributed by atoms with van der Waals surface area (Å²) in [5.41, 5.74) is 0.464. The van der Waals surface area contributed by atoms with E-state index in [2.05, 4.69) is 5.32 Å². The number of carbonyl (C=O) groups excluding carboxylic acids is 2. The third kappa shape index (κ3) is 3.52. The van der Waals surface area contributed by atoms with E-state index in [0.29, 0.717) is 44.9 Å². The maximum Gasteiger partial charge on any atom is 0.254 e. The highest BCUT2D eigenvalue weighted by atomic mass is 16.5. The van der Waals surface area contributed by atoms with Crippen LogP contribution in [0.15, 0.2) is 24.3 Å². The van der Waals surface area contributed by atoms with Gasteiger partial charge in [-0.1, -0.05) is 6.07 Å². The van der Waals surface area contributed by atoms with Gasteiger partial charge in [0.2, 0.25) is 5.91 Å². The molecule has 0 spiro atoms. The molecule has 2 aliphatic rings. The zero-order chi connectivity index (χ0) is 17.1. The van der Waals surface area contributed by atoms with Crippen LogP contribution < -0.4 is 5.32 Å². The fraction of sp³-hybridized carbons (Fsp3) is 0.529. The number of phenolic OH excluding ortho intramolecular Hbond substituents is 1. The zero-order valence-electron chi connectivity index (χ0n) is 13.8. The van der Waals surface area contributed by atoms with Crippen molar-refractivity contribution in [1.29, 1.82) is 0 Å². The summed E-state index contributed by atoms with van der Waals surface area (Å²) >= 11 is 0. The Labute approximate surface area is 141 Å². The second-order valence-corrected chi connectivity index (χ2v) is 6.18. The number of hydrogen-bond acceptors (Lipinski definition) is 5. The van der Waals surface area contributed by atoms with Gasteiger partial charge in [-0.2, -0.15) is 0 Å². The van der Waals surface area contributed by atoms with Crippen molar-refractivity contribution >= 4 is 11.8 Å². The molecule has 0 radical (unpaired) electrons. The Hall–Kier alpha value is -2.12. The summed E-state index contributed by atoms with van der Waals surface area (Å²) in [5.74, 6) is -0.0100. The molecule has 2 heterocycles. The molecule has 2 saturated heterocycles. The minimum atomic E-state index is -0.313. The van der Waals surface area contributed by atoms with Gasteiger partial charge in [-0.05, 0) is 25.1 Å². The van der Waals surface area contributed by atoms with Gasteiger partial charge in [0.1, 0.15) is 11.8 Å². The zero-order valence-corrected chi connectivity index (χ0v) is 13.8. The highest BCUT2D eigenvalue weighted by Gasteiger charge is 2.34. The molecule has 24 heavy (non-hydrogen) atoms. The predicted octanol–water partition coefficient (Wildman–Crippen LogP) is 0.0535. The van der Waals surface area contributed by atoms with Crippen LogP contribution in [0.25, 0.3) is 0 Å². The number of nitrogens with one attached hydrogen (secondary N) is 1. The number of aromatic hydroxyl groups is 1. The number of carbonyl (C=O) groups is 2. The van der Waals surface area contributed by atoms with E-state index in [0.717, 1.165) is 0 Å². The second-order valence-electron chi connectivity index (χ2n) is 6.18. The van der Waals surface area contributed by atoms with Crippen LogP contribution in [0.1, 0.15) is 17.3 Å². The molecule has 2 aliphatic heterocycles. The predicted molar refractivity (Wildman–Crippen MR) is 87.8 cm³/mol. The van der Waals surface area contributed by atoms with Crippen molar-refractivity contribution in [3.05, 3.63) is 29.8 Å². The Morgan fingerprint density at radius 2 is 1.92 bits per heavy atom. The van der Waals surface area contributed by atoms with Gasteiger partial charge in [-0.3, -0.25) is 9.59 Å². The van der Waals surface area contributed by atoms with Gasteiger partial charge in [-0.25, -0.2) is 0 Å². The molecule has 7 heteroatoms. The van der Waals surface area contributed by atoms with E-state index < -0.39 is 0 Å². The number of benzene rings is 1. The summed E-state index contributed by atoms with van der Waals surface area (Å²) in [7, 11) is 0. The summed E-state index contributed by atoms with van der Waals surface area (Å²) < 4.78 is 5.53. The molecule has 0 unspecified atom stereocenters. The molecule has 2 atom stereocenters. The molecule has 1 aromatic rings. The molecular weight excluding hydrogens is 310 g/mol.